The number of ether oxygens (including phenoxy) is 1. The Morgan fingerprint density at radius 3 is 2.42 bits per heavy atom. The van der Waals surface area contributed by atoms with Gasteiger partial charge in [0.15, 0.2) is 0 Å². The quantitative estimate of drug-likeness (QED) is 0.874. The molecule has 0 aromatic heterocycles. The Balaban J connectivity index is 2.19. The largest absolute Gasteiger partial charge is 0.478 e. The van der Waals surface area contributed by atoms with Crippen LogP contribution in [-0.2, 0) is 6.42 Å². The lowest BCUT2D eigenvalue weighted by Crippen LogP contribution is -1.99. The zero-order valence-corrected chi connectivity index (χ0v) is 10.8. The van der Waals surface area contributed by atoms with Crippen LogP contribution in [0.15, 0.2) is 48.5 Å². The number of carbonyl (C=O) groups is 1. The highest BCUT2D eigenvalue weighted by atomic mass is 16.5. The molecule has 0 saturated carbocycles. The van der Waals surface area contributed by atoms with E-state index in [-0.39, 0.29) is 5.56 Å². The SMILES string of the molecule is CCCc1ccc(Oc2ccccc2C(=O)O)cc1. The van der Waals surface area contributed by atoms with Crippen LogP contribution in [0.4, 0.5) is 0 Å². The van der Waals surface area contributed by atoms with Crippen molar-refractivity contribution < 1.29 is 14.6 Å². The number of hydrogen-bond acceptors (Lipinski definition) is 2. The maximum absolute atomic E-state index is 11.1. The molecule has 0 aliphatic rings. The van der Waals surface area contributed by atoms with Crippen LogP contribution in [0.1, 0.15) is 29.3 Å². The van der Waals surface area contributed by atoms with Gasteiger partial charge in [0, 0.05) is 0 Å². The van der Waals surface area contributed by atoms with Crippen LogP contribution in [0.25, 0.3) is 0 Å². The topological polar surface area (TPSA) is 46.5 Å². The molecule has 0 heterocycles. The van der Waals surface area contributed by atoms with Gasteiger partial charge in [-0.2, -0.15) is 0 Å². The molecule has 0 atom stereocenters. The van der Waals surface area contributed by atoms with E-state index in [1.165, 1.54) is 11.6 Å². The molecule has 1 N–H and O–H groups in total. The predicted octanol–water partition coefficient (Wildman–Crippen LogP) is 4.13. The van der Waals surface area contributed by atoms with Gasteiger partial charge >= 0.3 is 5.97 Å². The van der Waals surface area contributed by atoms with E-state index in [4.69, 9.17) is 9.84 Å². The van der Waals surface area contributed by atoms with Crippen molar-refractivity contribution in [2.24, 2.45) is 0 Å². The highest BCUT2D eigenvalue weighted by Crippen LogP contribution is 2.25. The summed E-state index contributed by atoms with van der Waals surface area (Å²) in [7, 11) is 0. The number of para-hydroxylation sites is 1. The van der Waals surface area contributed by atoms with E-state index in [0.717, 1.165) is 12.8 Å². The molecule has 0 aliphatic heterocycles. The standard InChI is InChI=1S/C16H16O3/c1-2-5-12-8-10-13(11-9-12)19-15-7-4-3-6-14(15)16(17)18/h3-4,6-11H,2,5H2,1H3,(H,17,18). The van der Waals surface area contributed by atoms with E-state index < -0.39 is 5.97 Å². The average Bonchev–Trinajstić information content (AvgIpc) is 2.42. The first-order valence-corrected chi connectivity index (χ1v) is 6.30. The maximum Gasteiger partial charge on any atom is 0.339 e. The summed E-state index contributed by atoms with van der Waals surface area (Å²) in [6.45, 7) is 2.13. The number of carboxylic acid groups (broad SMARTS) is 1. The van der Waals surface area contributed by atoms with Crippen molar-refractivity contribution in [2.75, 3.05) is 0 Å². The lowest BCUT2D eigenvalue weighted by molar-refractivity contribution is 0.0694. The molecule has 98 valence electrons. The van der Waals surface area contributed by atoms with Crippen molar-refractivity contribution in [2.45, 2.75) is 19.8 Å². The van der Waals surface area contributed by atoms with Gasteiger partial charge < -0.3 is 9.84 Å². The Morgan fingerprint density at radius 1 is 1.11 bits per heavy atom. The number of carboxylic acids is 1. The Morgan fingerprint density at radius 2 is 1.79 bits per heavy atom. The van der Waals surface area contributed by atoms with Crippen LogP contribution in [0, 0.1) is 0 Å². The molecule has 3 heteroatoms. The first-order chi connectivity index (χ1) is 9.20. The zero-order chi connectivity index (χ0) is 13.7. The van der Waals surface area contributed by atoms with E-state index in [2.05, 4.69) is 6.92 Å². The Bertz CT molecular complexity index is 558. The van der Waals surface area contributed by atoms with E-state index >= 15 is 0 Å². The van der Waals surface area contributed by atoms with Gasteiger partial charge in [-0.15, -0.1) is 0 Å². The van der Waals surface area contributed by atoms with Crippen molar-refractivity contribution in [3.8, 4) is 11.5 Å². The highest BCUT2D eigenvalue weighted by Gasteiger charge is 2.10. The Hall–Kier alpha value is -2.29. The van der Waals surface area contributed by atoms with Crippen molar-refractivity contribution in [3.05, 3.63) is 59.7 Å². The minimum atomic E-state index is -0.988. The summed E-state index contributed by atoms with van der Waals surface area (Å²) in [6.07, 6.45) is 2.13. The number of aromatic carboxylic acids is 1. The number of rotatable bonds is 5. The van der Waals surface area contributed by atoms with Gasteiger partial charge in [0.2, 0.25) is 0 Å². The summed E-state index contributed by atoms with van der Waals surface area (Å²) in [6, 6.07) is 14.4. The van der Waals surface area contributed by atoms with E-state index in [9.17, 15) is 4.79 Å². The Kier molecular flexibility index (Phi) is 4.18. The van der Waals surface area contributed by atoms with E-state index in [1.807, 2.05) is 24.3 Å². The third-order valence-corrected chi connectivity index (χ3v) is 2.81. The van der Waals surface area contributed by atoms with Crippen LogP contribution < -0.4 is 4.74 Å². The highest BCUT2D eigenvalue weighted by molar-refractivity contribution is 5.90. The zero-order valence-electron chi connectivity index (χ0n) is 10.8. The second kappa shape index (κ2) is 6.05. The molecule has 2 rings (SSSR count). The molecule has 0 radical (unpaired) electrons. The summed E-state index contributed by atoms with van der Waals surface area (Å²) < 4.78 is 5.62. The molecule has 0 bridgehead atoms. The fourth-order valence-corrected chi connectivity index (χ4v) is 1.87. The first-order valence-electron chi connectivity index (χ1n) is 6.30. The summed E-state index contributed by atoms with van der Waals surface area (Å²) in [4.78, 5) is 11.1. The molecular weight excluding hydrogens is 240 g/mol. The average molecular weight is 256 g/mol. The fourth-order valence-electron chi connectivity index (χ4n) is 1.87. The van der Waals surface area contributed by atoms with E-state index in [0.29, 0.717) is 11.5 Å². The normalized spacial score (nSPS) is 10.2. The molecular formula is C16H16O3. The number of benzene rings is 2. The monoisotopic (exact) mass is 256 g/mol. The summed E-state index contributed by atoms with van der Waals surface area (Å²) in [5, 5.41) is 9.08. The minimum Gasteiger partial charge on any atom is -0.478 e. The molecule has 2 aromatic rings. The minimum absolute atomic E-state index is 0.167. The summed E-state index contributed by atoms with van der Waals surface area (Å²) >= 11 is 0. The van der Waals surface area contributed by atoms with Gasteiger partial charge in [-0.05, 0) is 36.2 Å². The molecule has 0 fully saturated rings. The van der Waals surface area contributed by atoms with Crippen molar-refractivity contribution >= 4 is 5.97 Å². The fraction of sp³-hybridized carbons (Fsp3) is 0.188. The molecule has 19 heavy (non-hydrogen) atoms. The van der Waals surface area contributed by atoms with Crippen LogP contribution in [-0.4, -0.2) is 11.1 Å². The molecule has 0 amide bonds. The van der Waals surface area contributed by atoms with Crippen LogP contribution in [0.5, 0.6) is 11.5 Å². The van der Waals surface area contributed by atoms with Crippen molar-refractivity contribution in [3.63, 3.8) is 0 Å². The number of hydrogen-bond donors (Lipinski definition) is 1. The number of aryl methyl sites for hydroxylation is 1. The third kappa shape index (κ3) is 3.35. The predicted molar refractivity (Wildman–Crippen MR) is 73.9 cm³/mol. The van der Waals surface area contributed by atoms with Crippen LogP contribution >= 0.6 is 0 Å². The van der Waals surface area contributed by atoms with Crippen molar-refractivity contribution in [1.82, 2.24) is 0 Å². The van der Waals surface area contributed by atoms with E-state index in [1.54, 1.807) is 18.2 Å². The van der Waals surface area contributed by atoms with Gasteiger partial charge in [0.05, 0.1) is 0 Å². The van der Waals surface area contributed by atoms with Gasteiger partial charge in [-0.3, -0.25) is 0 Å². The Labute approximate surface area is 112 Å². The summed E-state index contributed by atoms with van der Waals surface area (Å²) in [5.74, 6) is 0.0185. The summed E-state index contributed by atoms with van der Waals surface area (Å²) in [5.41, 5.74) is 1.42. The van der Waals surface area contributed by atoms with Crippen molar-refractivity contribution in [1.29, 1.82) is 0 Å². The molecule has 3 nitrogen and oxygen atoms in total. The second-order valence-electron chi connectivity index (χ2n) is 4.30. The van der Waals surface area contributed by atoms with Crippen LogP contribution in [0.2, 0.25) is 0 Å². The van der Waals surface area contributed by atoms with Gasteiger partial charge in [-0.1, -0.05) is 37.6 Å². The first kappa shape index (κ1) is 13.1. The maximum atomic E-state index is 11.1. The van der Waals surface area contributed by atoms with Gasteiger partial charge in [0.1, 0.15) is 17.1 Å². The molecule has 0 spiro atoms. The third-order valence-electron chi connectivity index (χ3n) is 2.81. The van der Waals surface area contributed by atoms with Crippen LogP contribution in [0.3, 0.4) is 0 Å². The lowest BCUT2D eigenvalue weighted by Gasteiger charge is -2.09. The van der Waals surface area contributed by atoms with Gasteiger partial charge in [-0.25, -0.2) is 4.79 Å². The molecule has 2 aromatic carbocycles. The second-order valence-corrected chi connectivity index (χ2v) is 4.30. The lowest BCUT2D eigenvalue weighted by atomic mass is 10.1. The van der Waals surface area contributed by atoms with Gasteiger partial charge in [0.25, 0.3) is 0 Å². The molecule has 0 saturated heterocycles. The molecule has 0 aliphatic carbocycles. The smallest absolute Gasteiger partial charge is 0.339 e. The molecule has 0 unspecified atom stereocenters.